The topological polar surface area (TPSA) is 95.9 Å². The molecule has 35 heavy (non-hydrogen) atoms. The monoisotopic (exact) mass is 516 g/mol. The van der Waals surface area contributed by atoms with Crippen molar-refractivity contribution in [2.24, 2.45) is 0 Å². The second-order valence-corrected chi connectivity index (χ2v) is 10.6. The van der Waals surface area contributed by atoms with Crippen LogP contribution in [0.5, 0.6) is 5.75 Å². The molecule has 0 aliphatic carbocycles. The number of hydrogen-bond donors (Lipinski definition) is 2. The summed E-state index contributed by atoms with van der Waals surface area (Å²) in [5, 5.41) is 14.0. The average Bonchev–Trinajstić information content (AvgIpc) is 2.85. The summed E-state index contributed by atoms with van der Waals surface area (Å²) < 4.78 is 31.3. The Kier molecular flexibility index (Phi) is 9.28. The Bertz CT molecular complexity index is 1230. The number of nitrogens with one attached hydrogen (secondary N) is 1. The molecule has 9 heteroatoms. The first-order valence-electron chi connectivity index (χ1n) is 11.1. The van der Waals surface area contributed by atoms with Crippen molar-refractivity contribution in [3.63, 3.8) is 0 Å². The Labute approximate surface area is 211 Å². The first-order chi connectivity index (χ1) is 16.7. The predicted octanol–water partition coefficient (Wildman–Crippen LogP) is 3.51. The van der Waals surface area contributed by atoms with E-state index in [1.54, 1.807) is 56.6 Å². The minimum absolute atomic E-state index is 0.116. The van der Waals surface area contributed by atoms with Crippen molar-refractivity contribution < 1.29 is 23.1 Å². The van der Waals surface area contributed by atoms with Crippen LogP contribution in [-0.2, 0) is 21.1 Å². The highest BCUT2D eigenvalue weighted by atomic mass is 35.5. The normalized spacial score (nSPS) is 12.2. The van der Waals surface area contributed by atoms with Crippen LogP contribution in [0, 0.1) is 0 Å². The van der Waals surface area contributed by atoms with Crippen molar-refractivity contribution in [1.82, 2.24) is 10.2 Å². The maximum Gasteiger partial charge on any atom is 0.259 e. The van der Waals surface area contributed by atoms with E-state index in [2.05, 4.69) is 5.32 Å². The lowest BCUT2D eigenvalue weighted by Crippen LogP contribution is -2.27. The van der Waals surface area contributed by atoms with E-state index in [4.69, 9.17) is 16.3 Å². The van der Waals surface area contributed by atoms with E-state index in [0.29, 0.717) is 30.3 Å². The quantitative estimate of drug-likeness (QED) is 0.379. The number of hydrogen-bond acceptors (Lipinski definition) is 6. The summed E-state index contributed by atoms with van der Waals surface area (Å²) in [5.41, 5.74) is 1.73. The number of likely N-dealkylation sites (N-methyl/N-ethyl adjacent to an activating group) is 1. The van der Waals surface area contributed by atoms with Crippen molar-refractivity contribution in [2.75, 3.05) is 33.8 Å². The van der Waals surface area contributed by atoms with Gasteiger partial charge in [0.1, 0.15) is 5.75 Å². The van der Waals surface area contributed by atoms with Crippen LogP contribution in [0.1, 0.15) is 17.2 Å². The molecule has 186 valence electrons. The number of aliphatic hydroxyl groups excluding tert-OH is 1. The third kappa shape index (κ3) is 7.53. The Morgan fingerprint density at radius 2 is 1.66 bits per heavy atom. The first-order valence-corrected chi connectivity index (χ1v) is 12.9. The van der Waals surface area contributed by atoms with Crippen LogP contribution in [0.2, 0.25) is 5.02 Å². The van der Waals surface area contributed by atoms with E-state index in [0.717, 1.165) is 11.1 Å². The van der Waals surface area contributed by atoms with Gasteiger partial charge in [0, 0.05) is 25.7 Å². The zero-order valence-corrected chi connectivity index (χ0v) is 21.2. The van der Waals surface area contributed by atoms with Gasteiger partial charge in [-0.2, -0.15) is 0 Å². The van der Waals surface area contributed by atoms with Gasteiger partial charge in [-0.1, -0.05) is 35.9 Å². The number of sulfone groups is 1. The fraction of sp³-hybridized carbons (Fsp3) is 0.269. The summed E-state index contributed by atoms with van der Waals surface area (Å²) in [6, 6.07) is 19.9. The van der Waals surface area contributed by atoms with Crippen LogP contribution < -0.4 is 10.1 Å². The molecule has 7 nitrogen and oxygen atoms in total. The van der Waals surface area contributed by atoms with Gasteiger partial charge in [-0.15, -0.1) is 0 Å². The molecule has 2 N–H and O–H groups in total. The van der Waals surface area contributed by atoms with E-state index in [1.165, 1.54) is 29.2 Å². The number of rotatable bonds is 11. The third-order valence-corrected chi connectivity index (χ3v) is 7.41. The number of aliphatic hydroxyl groups is 1. The minimum Gasteiger partial charge on any atom is -0.484 e. The first kappa shape index (κ1) is 26.7. The van der Waals surface area contributed by atoms with Crippen LogP contribution in [-0.4, -0.2) is 58.1 Å². The summed E-state index contributed by atoms with van der Waals surface area (Å²) in [7, 11) is -0.408. The lowest BCUT2D eigenvalue weighted by molar-refractivity contribution is -0.130. The van der Waals surface area contributed by atoms with Crippen LogP contribution in [0.15, 0.2) is 82.6 Å². The van der Waals surface area contributed by atoms with Gasteiger partial charge in [-0.3, -0.25) is 4.79 Å². The molecule has 0 bridgehead atoms. The number of benzene rings is 3. The predicted molar refractivity (Wildman–Crippen MR) is 136 cm³/mol. The number of carbonyl (C=O) groups excluding carboxylic acids is 1. The highest BCUT2D eigenvalue weighted by Crippen LogP contribution is 2.24. The lowest BCUT2D eigenvalue weighted by atomic mass is 10.1. The van der Waals surface area contributed by atoms with Gasteiger partial charge in [0.05, 0.1) is 15.9 Å². The molecule has 1 unspecified atom stereocenters. The van der Waals surface area contributed by atoms with E-state index in [9.17, 15) is 18.3 Å². The summed E-state index contributed by atoms with van der Waals surface area (Å²) in [6.45, 7) is 0.895. The molecule has 1 atom stereocenters. The van der Waals surface area contributed by atoms with Crippen LogP contribution in [0.25, 0.3) is 0 Å². The van der Waals surface area contributed by atoms with E-state index >= 15 is 0 Å². The van der Waals surface area contributed by atoms with Gasteiger partial charge in [-0.05, 0) is 72.6 Å². The zero-order chi connectivity index (χ0) is 25.4. The fourth-order valence-electron chi connectivity index (χ4n) is 3.26. The van der Waals surface area contributed by atoms with Crippen LogP contribution >= 0.6 is 11.6 Å². The van der Waals surface area contributed by atoms with E-state index in [1.807, 2.05) is 6.07 Å². The van der Waals surface area contributed by atoms with Gasteiger partial charge < -0.3 is 20.1 Å². The summed E-state index contributed by atoms with van der Waals surface area (Å²) in [4.78, 5) is 13.4. The molecule has 0 radical (unpaired) electrons. The van der Waals surface area contributed by atoms with Crippen LogP contribution in [0.3, 0.4) is 0 Å². The van der Waals surface area contributed by atoms with Gasteiger partial charge >= 0.3 is 0 Å². The zero-order valence-electron chi connectivity index (χ0n) is 19.6. The second kappa shape index (κ2) is 12.2. The molecular weight excluding hydrogens is 488 g/mol. The van der Waals surface area contributed by atoms with Crippen LogP contribution in [0.4, 0.5) is 0 Å². The van der Waals surface area contributed by atoms with Crippen molar-refractivity contribution in [3.05, 3.63) is 88.9 Å². The Morgan fingerprint density at radius 1 is 1.03 bits per heavy atom. The molecule has 3 aromatic rings. The minimum atomic E-state index is -3.68. The van der Waals surface area contributed by atoms with Crippen molar-refractivity contribution in [2.45, 2.75) is 22.3 Å². The number of halogens is 1. The molecule has 3 rings (SSSR count). The Balaban J connectivity index is 1.52. The largest absolute Gasteiger partial charge is 0.484 e. The molecule has 3 aromatic carbocycles. The molecule has 0 heterocycles. The maximum absolute atomic E-state index is 13.0. The van der Waals surface area contributed by atoms with Crippen molar-refractivity contribution in [3.8, 4) is 5.75 Å². The molecule has 0 saturated carbocycles. The number of ether oxygens (including phenoxy) is 1. The van der Waals surface area contributed by atoms with Crippen molar-refractivity contribution in [1.29, 1.82) is 0 Å². The standard InChI is InChI=1S/C26H29ClN2O5S/c1-29(2)26(31)18-34-22-8-12-24(13-9-22)35(32,33)23-10-6-19(7-11-23)14-15-28-17-25(30)20-4-3-5-21(27)16-20/h3-13,16,25,28,30H,14-15,17-18H2,1-2H3. The average molecular weight is 517 g/mol. The second-order valence-electron chi connectivity index (χ2n) is 8.22. The maximum atomic E-state index is 13.0. The van der Waals surface area contributed by atoms with Gasteiger partial charge in [-0.25, -0.2) is 8.42 Å². The van der Waals surface area contributed by atoms with Gasteiger partial charge in [0.2, 0.25) is 9.84 Å². The molecule has 1 amide bonds. The molecule has 0 aliphatic heterocycles. The van der Waals surface area contributed by atoms with Crippen molar-refractivity contribution >= 4 is 27.3 Å². The SMILES string of the molecule is CN(C)C(=O)COc1ccc(S(=O)(=O)c2ccc(CCNCC(O)c3cccc(Cl)c3)cc2)cc1. The number of nitrogens with zero attached hydrogens (tertiary/aromatic N) is 1. The Morgan fingerprint density at radius 3 is 2.26 bits per heavy atom. The smallest absolute Gasteiger partial charge is 0.259 e. The lowest BCUT2D eigenvalue weighted by Gasteiger charge is -2.13. The van der Waals surface area contributed by atoms with E-state index < -0.39 is 15.9 Å². The highest BCUT2D eigenvalue weighted by molar-refractivity contribution is 7.91. The molecule has 0 saturated heterocycles. The van der Waals surface area contributed by atoms with Gasteiger partial charge in [0.25, 0.3) is 5.91 Å². The number of carbonyl (C=O) groups is 1. The van der Waals surface area contributed by atoms with E-state index in [-0.39, 0.29) is 22.3 Å². The molecule has 0 fully saturated rings. The fourth-order valence-corrected chi connectivity index (χ4v) is 4.72. The third-order valence-electron chi connectivity index (χ3n) is 5.39. The summed E-state index contributed by atoms with van der Waals surface area (Å²) in [6.07, 6.45) is 0.0202. The number of amides is 1. The summed E-state index contributed by atoms with van der Waals surface area (Å²) in [5.74, 6) is 0.233. The molecule has 0 spiro atoms. The molecular formula is C26H29ClN2O5S. The Hall–Kier alpha value is -2.91. The molecule has 0 aliphatic rings. The molecule has 0 aromatic heterocycles. The van der Waals surface area contributed by atoms with Gasteiger partial charge in [0.15, 0.2) is 6.61 Å². The summed E-state index contributed by atoms with van der Waals surface area (Å²) >= 11 is 5.96. The highest BCUT2D eigenvalue weighted by Gasteiger charge is 2.18.